The Morgan fingerprint density at radius 3 is 2.82 bits per heavy atom. The van der Waals surface area contributed by atoms with Gasteiger partial charge in [0.05, 0.1) is 25.8 Å². The number of nitrogens with zero attached hydrogens (tertiary/aromatic N) is 2. The Labute approximate surface area is 223 Å². The molecule has 0 saturated carbocycles. The average Bonchev–Trinajstić information content (AvgIpc) is 3.29. The van der Waals surface area contributed by atoms with E-state index in [2.05, 4.69) is 16.3 Å². The summed E-state index contributed by atoms with van der Waals surface area (Å²) < 4.78 is 11.8. The van der Waals surface area contributed by atoms with Crippen LogP contribution in [0.3, 0.4) is 0 Å². The monoisotopic (exact) mass is 511 g/mol. The molecular formula is C31H33N3O4. The lowest BCUT2D eigenvalue weighted by Crippen LogP contribution is -2.39. The summed E-state index contributed by atoms with van der Waals surface area (Å²) in [5.74, 6) is 3.51. The molecule has 196 valence electrons. The number of ether oxygens (including phenoxy) is 2. The van der Waals surface area contributed by atoms with Gasteiger partial charge in [-0.3, -0.25) is 9.79 Å². The molecule has 0 radical (unpaired) electrons. The number of amidine groups is 1. The van der Waals surface area contributed by atoms with Gasteiger partial charge >= 0.3 is 0 Å². The van der Waals surface area contributed by atoms with E-state index in [-0.39, 0.29) is 18.6 Å². The van der Waals surface area contributed by atoms with Gasteiger partial charge in [0, 0.05) is 24.6 Å². The van der Waals surface area contributed by atoms with Crippen molar-refractivity contribution in [2.45, 2.75) is 25.5 Å². The number of nitrogens with one attached hydrogen (secondary N) is 1. The molecule has 2 aromatic rings. The molecule has 7 nitrogen and oxygen atoms in total. The number of dihydropyridines is 1. The van der Waals surface area contributed by atoms with Crippen LogP contribution in [0.1, 0.15) is 28.8 Å². The number of carbonyl (C=O) groups is 1. The minimum atomic E-state index is -0.142. The van der Waals surface area contributed by atoms with E-state index in [1.54, 1.807) is 12.1 Å². The van der Waals surface area contributed by atoms with Gasteiger partial charge in [-0.2, -0.15) is 0 Å². The maximum atomic E-state index is 12.8. The number of aliphatic hydroxyl groups is 1. The molecule has 2 N–H and O–H groups in total. The molecule has 1 amide bonds. The first-order chi connectivity index (χ1) is 18.7. The molecule has 2 atom stereocenters. The van der Waals surface area contributed by atoms with E-state index in [4.69, 9.17) is 14.5 Å². The smallest absolute Gasteiger partial charge is 0.251 e. The van der Waals surface area contributed by atoms with Gasteiger partial charge in [0.25, 0.3) is 5.91 Å². The first kappa shape index (κ1) is 25.5. The van der Waals surface area contributed by atoms with Crippen molar-refractivity contribution < 1.29 is 19.4 Å². The summed E-state index contributed by atoms with van der Waals surface area (Å²) in [6.45, 7) is 2.98. The Morgan fingerprint density at radius 2 is 2.00 bits per heavy atom. The molecule has 5 rings (SSSR count). The van der Waals surface area contributed by atoms with E-state index in [0.717, 1.165) is 48.8 Å². The fraction of sp³-hybridized carbons (Fsp3) is 0.290. The fourth-order valence-electron chi connectivity index (χ4n) is 4.63. The number of aliphatic imine (C=N–C) groups is 1. The Bertz CT molecular complexity index is 1280. The van der Waals surface area contributed by atoms with E-state index in [0.29, 0.717) is 30.4 Å². The number of rotatable bonds is 8. The third-order valence-corrected chi connectivity index (χ3v) is 6.74. The van der Waals surface area contributed by atoms with Crippen LogP contribution in [0.4, 0.5) is 0 Å². The van der Waals surface area contributed by atoms with Gasteiger partial charge in [-0.05, 0) is 73.0 Å². The Morgan fingerprint density at radius 1 is 1.11 bits per heavy atom. The zero-order chi connectivity index (χ0) is 26.2. The third-order valence-electron chi connectivity index (χ3n) is 6.74. The summed E-state index contributed by atoms with van der Waals surface area (Å²) in [5.41, 5.74) is 1.43. The van der Waals surface area contributed by atoms with Crippen molar-refractivity contribution in [2.24, 2.45) is 10.9 Å². The zero-order valence-corrected chi connectivity index (χ0v) is 21.3. The van der Waals surface area contributed by atoms with Gasteiger partial charge < -0.3 is 24.8 Å². The predicted molar refractivity (Wildman–Crippen MR) is 148 cm³/mol. The Balaban J connectivity index is 1.06. The molecule has 38 heavy (non-hydrogen) atoms. The molecule has 2 aliphatic heterocycles. The molecule has 0 aromatic heterocycles. The molecule has 0 spiro atoms. The van der Waals surface area contributed by atoms with Crippen LogP contribution < -0.4 is 14.8 Å². The number of hydrogen-bond acceptors (Lipinski definition) is 6. The summed E-state index contributed by atoms with van der Waals surface area (Å²) in [4.78, 5) is 19.8. The van der Waals surface area contributed by atoms with Crippen LogP contribution in [-0.4, -0.2) is 54.0 Å². The molecule has 1 saturated heterocycles. The zero-order valence-electron chi connectivity index (χ0n) is 21.3. The van der Waals surface area contributed by atoms with E-state index < -0.39 is 0 Å². The van der Waals surface area contributed by atoms with E-state index >= 15 is 0 Å². The molecule has 1 fully saturated rings. The van der Waals surface area contributed by atoms with Gasteiger partial charge in [-0.25, -0.2) is 0 Å². The lowest BCUT2D eigenvalue weighted by atomic mass is 10.1. The number of hydrogen-bond donors (Lipinski definition) is 2. The van der Waals surface area contributed by atoms with Crippen molar-refractivity contribution in [3.8, 4) is 11.5 Å². The predicted octanol–water partition coefficient (Wildman–Crippen LogP) is 4.43. The molecule has 1 aliphatic carbocycles. The first-order valence-electron chi connectivity index (χ1n) is 13.1. The molecule has 7 heteroatoms. The Kier molecular flexibility index (Phi) is 8.36. The van der Waals surface area contributed by atoms with Gasteiger partial charge in [-0.15, -0.1) is 0 Å². The molecule has 1 unspecified atom stereocenters. The molecule has 2 heterocycles. The highest BCUT2D eigenvalue weighted by atomic mass is 16.5. The number of likely N-dealkylation sites (tertiary alicyclic amines) is 1. The van der Waals surface area contributed by atoms with Crippen LogP contribution in [0.15, 0.2) is 102 Å². The number of aliphatic hydroxyl groups excluding tert-OH is 1. The van der Waals surface area contributed by atoms with E-state index in [9.17, 15) is 9.90 Å². The number of carbonyl (C=O) groups excluding carboxylic acids is 1. The van der Waals surface area contributed by atoms with Crippen molar-refractivity contribution in [3.63, 3.8) is 0 Å². The number of allylic oxidation sites excluding steroid dienone is 5. The third kappa shape index (κ3) is 6.81. The highest BCUT2D eigenvalue weighted by Crippen LogP contribution is 2.22. The lowest BCUT2D eigenvalue weighted by molar-refractivity contribution is 0.0945. The fourth-order valence-corrected chi connectivity index (χ4v) is 4.63. The van der Waals surface area contributed by atoms with E-state index in [1.165, 1.54) is 0 Å². The SMILES string of the molecule is O=C(NC1C=CC(N2CC[C@@H](COc3cccc(CO)c3)C2)=NC1)c1ccc(OC2=CCC=CC=C2)cc1. The van der Waals surface area contributed by atoms with Crippen LogP contribution in [0.5, 0.6) is 11.5 Å². The molecule has 0 bridgehead atoms. The van der Waals surface area contributed by atoms with Gasteiger partial charge in [-0.1, -0.05) is 36.4 Å². The second-order valence-corrected chi connectivity index (χ2v) is 9.61. The number of benzene rings is 2. The normalized spacial score (nSPS) is 20.5. The Hall–Kier alpha value is -4.10. The molecule has 3 aliphatic rings. The molecule has 2 aromatic carbocycles. The number of amides is 1. The molecular weight excluding hydrogens is 478 g/mol. The lowest BCUT2D eigenvalue weighted by Gasteiger charge is -2.24. The van der Waals surface area contributed by atoms with Crippen molar-refractivity contribution in [3.05, 3.63) is 108 Å². The maximum absolute atomic E-state index is 12.8. The van der Waals surface area contributed by atoms with Crippen LogP contribution >= 0.6 is 0 Å². The van der Waals surface area contributed by atoms with Crippen molar-refractivity contribution in [2.75, 3.05) is 26.2 Å². The topological polar surface area (TPSA) is 83.4 Å². The first-order valence-corrected chi connectivity index (χ1v) is 13.1. The van der Waals surface area contributed by atoms with Crippen molar-refractivity contribution in [1.29, 1.82) is 0 Å². The minimum Gasteiger partial charge on any atom is -0.493 e. The maximum Gasteiger partial charge on any atom is 0.251 e. The summed E-state index contributed by atoms with van der Waals surface area (Å²) in [6, 6.07) is 14.6. The van der Waals surface area contributed by atoms with Crippen LogP contribution in [0.25, 0.3) is 0 Å². The standard InChI is InChI=1S/C31H33N3O4/c35-21-23-6-5-9-29(18-23)37-22-24-16-17-34(20-24)30-15-12-26(19-32-30)33-31(36)25-10-13-28(14-11-25)38-27-7-3-1-2-4-8-27/h1-3,5-15,18,24,26,35H,4,16-17,19-22H2,(H,33,36)/t24-,26?/m1/s1. The summed E-state index contributed by atoms with van der Waals surface area (Å²) in [5, 5.41) is 12.3. The van der Waals surface area contributed by atoms with Crippen LogP contribution in [0.2, 0.25) is 0 Å². The van der Waals surface area contributed by atoms with Crippen molar-refractivity contribution >= 4 is 11.7 Å². The van der Waals surface area contributed by atoms with Crippen LogP contribution in [-0.2, 0) is 6.61 Å². The quantitative estimate of drug-likeness (QED) is 0.548. The van der Waals surface area contributed by atoms with E-state index in [1.807, 2.05) is 72.9 Å². The highest BCUT2D eigenvalue weighted by Gasteiger charge is 2.26. The van der Waals surface area contributed by atoms with Gasteiger partial charge in [0.15, 0.2) is 0 Å². The second-order valence-electron chi connectivity index (χ2n) is 9.61. The van der Waals surface area contributed by atoms with Crippen LogP contribution in [0, 0.1) is 5.92 Å². The highest BCUT2D eigenvalue weighted by molar-refractivity contribution is 5.96. The second kappa shape index (κ2) is 12.4. The average molecular weight is 512 g/mol. The van der Waals surface area contributed by atoms with Gasteiger partial charge in [0.1, 0.15) is 23.1 Å². The van der Waals surface area contributed by atoms with Crippen molar-refractivity contribution in [1.82, 2.24) is 10.2 Å². The summed E-state index contributed by atoms with van der Waals surface area (Å²) in [6.07, 6.45) is 15.8. The minimum absolute atomic E-state index is 0.0120. The summed E-state index contributed by atoms with van der Waals surface area (Å²) in [7, 11) is 0. The largest absolute Gasteiger partial charge is 0.493 e. The van der Waals surface area contributed by atoms with Gasteiger partial charge in [0.2, 0.25) is 0 Å². The summed E-state index contributed by atoms with van der Waals surface area (Å²) >= 11 is 0.